The lowest BCUT2D eigenvalue weighted by atomic mass is 10.0. The lowest BCUT2D eigenvalue weighted by Crippen LogP contribution is -2.17. The van der Waals surface area contributed by atoms with Crippen LogP contribution in [-0.2, 0) is 4.74 Å². The lowest BCUT2D eigenvalue weighted by molar-refractivity contribution is -0.384. The third kappa shape index (κ3) is 5.37. The van der Waals surface area contributed by atoms with Crippen LogP contribution in [0.4, 0.5) is 11.4 Å². The van der Waals surface area contributed by atoms with Gasteiger partial charge in [-0.3, -0.25) is 14.9 Å². The molecule has 0 aliphatic rings. The van der Waals surface area contributed by atoms with Crippen LogP contribution in [0, 0.1) is 10.1 Å². The summed E-state index contributed by atoms with van der Waals surface area (Å²) in [4.78, 5) is 35.0. The summed E-state index contributed by atoms with van der Waals surface area (Å²) < 4.78 is 5.06. The number of hydrogen-bond donors (Lipinski definition) is 2. The Morgan fingerprint density at radius 2 is 1.86 bits per heavy atom. The number of anilines is 1. The van der Waals surface area contributed by atoms with Gasteiger partial charge in [-0.05, 0) is 17.5 Å². The third-order valence-electron chi connectivity index (χ3n) is 4.09. The largest absolute Gasteiger partial charge is 0.454 e. The predicted octanol–water partition coefficient (Wildman–Crippen LogP) is 3.16. The number of carbonyl (C=O) groups excluding carboxylic acids is 2. The van der Waals surface area contributed by atoms with Gasteiger partial charge in [0.2, 0.25) is 0 Å². The summed E-state index contributed by atoms with van der Waals surface area (Å²) in [7, 11) is 0. The van der Waals surface area contributed by atoms with Gasteiger partial charge in [-0.1, -0.05) is 38.1 Å². The molecule has 0 saturated carbocycles. The molecule has 0 aliphatic carbocycles. The van der Waals surface area contributed by atoms with Crippen LogP contribution >= 0.6 is 0 Å². The van der Waals surface area contributed by atoms with Crippen molar-refractivity contribution in [1.29, 1.82) is 0 Å². The van der Waals surface area contributed by atoms with Crippen molar-refractivity contribution in [2.45, 2.75) is 19.8 Å². The van der Waals surface area contributed by atoms with Crippen LogP contribution in [0.5, 0.6) is 0 Å². The number of ketones is 1. The van der Waals surface area contributed by atoms with Gasteiger partial charge in [-0.25, -0.2) is 4.79 Å². The van der Waals surface area contributed by atoms with Gasteiger partial charge in [0, 0.05) is 29.9 Å². The quantitative estimate of drug-likeness (QED) is 0.294. The van der Waals surface area contributed by atoms with Gasteiger partial charge < -0.3 is 15.2 Å². The van der Waals surface area contributed by atoms with E-state index in [1.54, 1.807) is 12.1 Å². The zero-order valence-electron chi connectivity index (χ0n) is 15.7. The Labute approximate surface area is 162 Å². The molecule has 2 N–H and O–H groups in total. The van der Waals surface area contributed by atoms with Gasteiger partial charge in [0.15, 0.2) is 12.4 Å². The summed E-state index contributed by atoms with van der Waals surface area (Å²) in [5.41, 5.74) is 1.42. The van der Waals surface area contributed by atoms with E-state index >= 15 is 0 Å². The van der Waals surface area contributed by atoms with Crippen LogP contribution in [0.25, 0.3) is 0 Å². The molecule has 2 rings (SSSR count). The smallest absolute Gasteiger partial charge is 0.340 e. The molecule has 8 nitrogen and oxygen atoms in total. The van der Waals surface area contributed by atoms with Crippen LogP contribution in [0.15, 0.2) is 42.5 Å². The molecule has 28 heavy (non-hydrogen) atoms. The summed E-state index contributed by atoms with van der Waals surface area (Å²) in [6.07, 6.45) is 0. The molecular formula is C20H22N2O6. The molecule has 2 aromatic carbocycles. The molecule has 148 valence electrons. The molecule has 0 unspecified atom stereocenters. The molecule has 0 atom stereocenters. The number of rotatable bonds is 9. The third-order valence-corrected chi connectivity index (χ3v) is 4.09. The minimum Gasteiger partial charge on any atom is -0.454 e. The Morgan fingerprint density at radius 1 is 1.18 bits per heavy atom. The number of nitro groups is 1. The van der Waals surface area contributed by atoms with Crippen LogP contribution in [0.2, 0.25) is 0 Å². The summed E-state index contributed by atoms with van der Waals surface area (Å²) >= 11 is 0. The summed E-state index contributed by atoms with van der Waals surface area (Å²) in [5, 5.41) is 22.7. The van der Waals surface area contributed by atoms with Crippen molar-refractivity contribution in [1.82, 2.24) is 0 Å². The molecular weight excluding hydrogens is 364 g/mol. The summed E-state index contributed by atoms with van der Waals surface area (Å²) in [5.74, 6) is -0.907. The van der Waals surface area contributed by atoms with E-state index in [0.717, 1.165) is 11.6 Å². The molecule has 0 aliphatic heterocycles. The minimum absolute atomic E-state index is 0.0781. The minimum atomic E-state index is -0.865. The maximum Gasteiger partial charge on any atom is 0.340 e. The molecule has 0 fully saturated rings. The van der Waals surface area contributed by atoms with Crippen LogP contribution in [0.1, 0.15) is 46.0 Å². The average Bonchev–Trinajstić information content (AvgIpc) is 2.70. The molecule has 0 bridgehead atoms. The molecule has 0 heterocycles. The first kappa shape index (κ1) is 21.0. The number of aliphatic hydroxyl groups is 1. The number of nitrogens with one attached hydrogen (secondary N) is 1. The molecule has 0 aromatic heterocycles. The van der Waals surface area contributed by atoms with Gasteiger partial charge in [0.25, 0.3) is 5.69 Å². The fourth-order valence-corrected chi connectivity index (χ4v) is 2.51. The number of carbonyl (C=O) groups is 2. The van der Waals surface area contributed by atoms with E-state index in [9.17, 15) is 19.7 Å². The standard InChI is InChI=1S/C20H22N2O6/c1-13(2)14-3-5-15(6-4-14)19(24)12-28-20(25)17-11-16(22(26)27)7-8-18(17)21-9-10-23/h3-8,11,13,21,23H,9-10,12H2,1-2H3. The Morgan fingerprint density at radius 3 is 2.43 bits per heavy atom. The zero-order valence-corrected chi connectivity index (χ0v) is 15.7. The van der Waals surface area contributed by atoms with Crippen LogP contribution in [-0.4, -0.2) is 41.5 Å². The first-order chi connectivity index (χ1) is 13.3. The second kappa shape index (κ2) is 9.61. The van der Waals surface area contributed by atoms with Gasteiger partial charge in [0.05, 0.1) is 17.1 Å². The predicted molar refractivity (Wildman–Crippen MR) is 104 cm³/mol. The highest BCUT2D eigenvalue weighted by Crippen LogP contribution is 2.23. The zero-order chi connectivity index (χ0) is 20.7. The Bertz CT molecular complexity index is 861. The van der Waals surface area contributed by atoms with Gasteiger partial charge in [0.1, 0.15) is 0 Å². The van der Waals surface area contributed by atoms with Gasteiger partial charge in [-0.15, -0.1) is 0 Å². The lowest BCUT2D eigenvalue weighted by Gasteiger charge is -2.11. The Hall–Kier alpha value is -3.26. The maximum atomic E-state index is 12.4. The number of nitrogens with zero attached hydrogens (tertiary/aromatic N) is 1. The monoisotopic (exact) mass is 386 g/mol. The van der Waals surface area contributed by atoms with Crippen molar-refractivity contribution in [3.05, 3.63) is 69.3 Å². The number of hydrogen-bond acceptors (Lipinski definition) is 7. The van der Waals surface area contributed by atoms with E-state index < -0.39 is 17.5 Å². The summed E-state index contributed by atoms with van der Waals surface area (Å²) in [6.45, 7) is 3.57. The van der Waals surface area contributed by atoms with E-state index in [0.29, 0.717) is 11.5 Å². The van der Waals surface area contributed by atoms with Crippen molar-refractivity contribution >= 4 is 23.1 Å². The number of non-ortho nitro benzene ring substituents is 1. The van der Waals surface area contributed by atoms with E-state index in [1.165, 1.54) is 12.1 Å². The number of aliphatic hydroxyl groups excluding tert-OH is 1. The molecule has 0 spiro atoms. The Balaban J connectivity index is 2.11. The van der Waals surface area contributed by atoms with Gasteiger partial charge >= 0.3 is 5.97 Å². The molecule has 2 aromatic rings. The molecule has 0 saturated heterocycles. The van der Waals surface area contributed by atoms with Crippen molar-refractivity contribution in [2.75, 3.05) is 25.1 Å². The number of ether oxygens (including phenoxy) is 1. The second-order valence-corrected chi connectivity index (χ2v) is 6.41. The van der Waals surface area contributed by atoms with E-state index in [1.807, 2.05) is 26.0 Å². The molecule has 0 radical (unpaired) electrons. The highest BCUT2D eigenvalue weighted by Gasteiger charge is 2.19. The average molecular weight is 386 g/mol. The number of Topliss-reactive ketones (excluding diaryl/α,β-unsaturated/α-hetero) is 1. The van der Waals surface area contributed by atoms with Gasteiger partial charge in [-0.2, -0.15) is 0 Å². The Kier molecular flexibility index (Phi) is 7.22. The highest BCUT2D eigenvalue weighted by molar-refractivity contribution is 6.01. The topological polar surface area (TPSA) is 119 Å². The number of nitro benzene ring substituents is 1. The molecule has 0 amide bonds. The van der Waals surface area contributed by atoms with E-state index in [4.69, 9.17) is 9.84 Å². The first-order valence-electron chi connectivity index (χ1n) is 8.77. The second-order valence-electron chi connectivity index (χ2n) is 6.41. The van der Waals surface area contributed by atoms with Crippen molar-refractivity contribution in [3.63, 3.8) is 0 Å². The van der Waals surface area contributed by atoms with Crippen molar-refractivity contribution < 1.29 is 24.4 Å². The molecule has 8 heteroatoms. The maximum absolute atomic E-state index is 12.4. The number of benzene rings is 2. The van der Waals surface area contributed by atoms with E-state index in [-0.39, 0.29) is 35.9 Å². The fourth-order valence-electron chi connectivity index (χ4n) is 2.51. The SMILES string of the molecule is CC(C)c1ccc(C(=O)COC(=O)c2cc([N+](=O)[O-])ccc2NCCO)cc1. The van der Waals surface area contributed by atoms with Crippen LogP contribution < -0.4 is 5.32 Å². The highest BCUT2D eigenvalue weighted by atomic mass is 16.6. The fraction of sp³-hybridized carbons (Fsp3) is 0.300. The van der Waals surface area contributed by atoms with Crippen molar-refractivity contribution in [3.8, 4) is 0 Å². The first-order valence-corrected chi connectivity index (χ1v) is 8.77. The number of esters is 1. The van der Waals surface area contributed by atoms with E-state index in [2.05, 4.69) is 5.32 Å². The summed E-state index contributed by atoms with van der Waals surface area (Å²) in [6, 6.07) is 10.7. The van der Waals surface area contributed by atoms with Crippen LogP contribution in [0.3, 0.4) is 0 Å². The normalized spacial score (nSPS) is 10.6. The van der Waals surface area contributed by atoms with Crippen molar-refractivity contribution in [2.24, 2.45) is 0 Å².